The summed E-state index contributed by atoms with van der Waals surface area (Å²) in [6.45, 7) is 5.94. The van der Waals surface area contributed by atoms with E-state index in [0.717, 1.165) is 37.6 Å². The van der Waals surface area contributed by atoms with Crippen LogP contribution in [-0.4, -0.2) is 115 Å². The topological polar surface area (TPSA) is 192 Å². The number of hydrogen-bond donors (Lipinski definition) is 6. The molecule has 2 saturated heterocycles. The third-order valence-corrected chi connectivity index (χ3v) is 12.9. The molecule has 0 radical (unpaired) electrons. The maximum absolute atomic E-state index is 14.3. The fourth-order valence-corrected chi connectivity index (χ4v) is 9.31. The second-order valence-electron chi connectivity index (χ2n) is 17.7. The van der Waals surface area contributed by atoms with Crippen molar-refractivity contribution in [1.29, 1.82) is 0 Å². The molecule has 4 aliphatic rings. The molecule has 5 heterocycles. The van der Waals surface area contributed by atoms with Crippen LogP contribution in [0.1, 0.15) is 53.9 Å². The van der Waals surface area contributed by atoms with Crippen LogP contribution in [-0.2, 0) is 6.18 Å². The standard InChI is InChI=1S/C49H53F4N7O9/c1-28-43(46(69-58-28)29-7-3-2-4-8-29)57-48(64)56-37(44(61)30-9-13-38-40(21-30)66-20-19-65-38)26-60-18-15-32(24-60)42-27-67-39-14-10-31(22-41(39)68-42)45(62)36(25-59-16-5-6-17-59)55-47(63)54-33-11-12-34(35(50)23-33)49(51,52)53/h2-4,7-14,21-23,32,36-37,42,44-45,61-62H,5-6,15-20,24-27H2,1H3,(H2,54,55,63)(H2,56,57,64). The number of aryl methyl sites for hydroxylation is 1. The van der Waals surface area contributed by atoms with Crippen LogP contribution >= 0.6 is 0 Å². The van der Waals surface area contributed by atoms with Gasteiger partial charge in [-0.1, -0.05) is 47.6 Å². The smallest absolute Gasteiger partial charge is 0.419 e. The summed E-state index contributed by atoms with van der Waals surface area (Å²) in [5.74, 6) is 0.777. The average Bonchev–Trinajstić information content (AvgIpc) is 4.12. The average molecular weight is 960 g/mol. The lowest BCUT2D eigenvalue weighted by atomic mass is 9.99. The van der Waals surface area contributed by atoms with Gasteiger partial charge < -0.3 is 64.8 Å². The Kier molecular flexibility index (Phi) is 14.1. The minimum absolute atomic E-state index is 0.0240. The van der Waals surface area contributed by atoms with E-state index in [1.807, 2.05) is 30.3 Å². The first-order valence-corrected chi connectivity index (χ1v) is 22.9. The van der Waals surface area contributed by atoms with E-state index in [0.29, 0.717) is 96.1 Å². The Labute approximate surface area is 394 Å². The van der Waals surface area contributed by atoms with E-state index >= 15 is 0 Å². The number of nitrogens with one attached hydrogen (secondary N) is 4. The molecule has 0 bridgehead atoms. The molecule has 0 aliphatic carbocycles. The van der Waals surface area contributed by atoms with Gasteiger partial charge in [-0.2, -0.15) is 13.2 Å². The van der Waals surface area contributed by atoms with Crippen molar-refractivity contribution in [3.05, 3.63) is 113 Å². The molecule has 6 unspecified atom stereocenters. The molecular formula is C49H53F4N7O9. The summed E-state index contributed by atoms with van der Waals surface area (Å²) in [5, 5.41) is 38.8. The van der Waals surface area contributed by atoms with E-state index in [9.17, 15) is 37.4 Å². The number of urea groups is 2. The van der Waals surface area contributed by atoms with Gasteiger partial charge in [-0.3, -0.25) is 0 Å². The van der Waals surface area contributed by atoms with Crippen LogP contribution in [0.15, 0.2) is 89.5 Å². The summed E-state index contributed by atoms with van der Waals surface area (Å²) in [4.78, 5) is 31.2. The predicted molar refractivity (Wildman–Crippen MR) is 244 cm³/mol. The number of nitrogens with zero attached hydrogens (tertiary/aromatic N) is 3. The van der Waals surface area contributed by atoms with Gasteiger partial charge in [0.2, 0.25) is 0 Å². The molecule has 5 aromatic rings. The van der Waals surface area contributed by atoms with Crippen molar-refractivity contribution < 1.29 is 60.8 Å². The summed E-state index contributed by atoms with van der Waals surface area (Å²) in [7, 11) is 0. The molecule has 69 heavy (non-hydrogen) atoms. The SMILES string of the molecule is Cc1noc(-c2ccccc2)c1NC(=O)NC(CN1CCC(C2COc3ccc(C(O)C(CN4CCCC4)NC(=O)Nc4ccc(C(F)(F)F)c(F)c4)cc3O2)C1)C(O)c1ccc2c(c1)OCCO2. The molecule has 9 rings (SSSR count). The molecule has 4 aliphatic heterocycles. The minimum atomic E-state index is -4.89. The molecule has 1 aromatic heterocycles. The third-order valence-electron chi connectivity index (χ3n) is 12.9. The van der Waals surface area contributed by atoms with Gasteiger partial charge in [0.25, 0.3) is 0 Å². The first kappa shape index (κ1) is 47.5. The molecule has 4 amide bonds. The monoisotopic (exact) mass is 959 g/mol. The number of carbonyl (C=O) groups excluding carboxylic acids is 2. The van der Waals surface area contributed by atoms with E-state index in [-0.39, 0.29) is 31.3 Å². The summed E-state index contributed by atoms with van der Waals surface area (Å²) in [5.41, 5.74) is 0.920. The summed E-state index contributed by atoms with van der Waals surface area (Å²) < 4.78 is 83.6. The molecule has 20 heteroatoms. The molecule has 2 fully saturated rings. The highest BCUT2D eigenvalue weighted by atomic mass is 19.4. The number of likely N-dealkylation sites (tertiary alicyclic amines) is 2. The maximum atomic E-state index is 14.3. The van der Waals surface area contributed by atoms with Crippen LogP contribution < -0.4 is 40.2 Å². The highest BCUT2D eigenvalue weighted by Gasteiger charge is 2.38. The van der Waals surface area contributed by atoms with Gasteiger partial charge in [0.15, 0.2) is 28.8 Å². The molecule has 6 atom stereocenters. The van der Waals surface area contributed by atoms with Gasteiger partial charge in [0.1, 0.15) is 55.3 Å². The lowest BCUT2D eigenvalue weighted by molar-refractivity contribution is -0.139. The number of aliphatic hydroxyl groups is 2. The van der Waals surface area contributed by atoms with Crippen molar-refractivity contribution >= 4 is 23.4 Å². The second-order valence-corrected chi connectivity index (χ2v) is 17.7. The maximum Gasteiger partial charge on any atom is 0.419 e. The van der Waals surface area contributed by atoms with Gasteiger partial charge in [0, 0.05) is 36.8 Å². The van der Waals surface area contributed by atoms with Crippen molar-refractivity contribution in [2.75, 3.05) is 69.7 Å². The number of amides is 4. The van der Waals surface area contributed by atoms with E-state index < -0.39 is 60.0 Å². The van der Waals surface area contributed by atoms with Crippen LogP contribution in [0.2, 0.25) is 0 Å². The highest BCUT2D eigenvalue weighted by Crippen LogP contribution is 2.39. The molecule has 16 nitrogen and oxygen atoms in total. The van der Waals surface area contributed by atoms with Crippen LogP contribution in [0.4, 0.5) is 38.5 Å². The first-order valence-electron chi connectivity index (χ1n) is 22.9. The van der Waals surface area contributed by atoms with Crippen molar-refractivity contribution in [1.82, 2.24) is 25.6 Å². The van der Waals surface area contributed by atoms with Crippen molar-refractivity contribution in [3.8, 4) is 34.3 Å². The Morgan fingerprint density at radius 1 is 0.768 bits per heavy atom. The zero-order valence-electron chi connectivity index (χ0n) is 37.6. The number of alkyl halides is 3. The number of carbonyl (C=O) groups is 2. The van der Waals surface area contributed by atoms with Gasteiger partial charge >= 0.3 is 18.2 Å². The van der Waals surface area contributed by atoms with Gasteiger partial charge in [-0.15, -0.1) is 0 Å². The predicted octanol–water partition coefficient (Wildman–Crippen LogP) is 7.28. The minimum Gasteiger partial charge on any atom is -0.486 e. The summed E-state index contributed by atoms with van der Waals surface area (Å²) in [6.07, 6.45) is -5.10. The zero-order chi connectivity index (χ0) is 48.2. The van der Waals surface area contributed by atoms with E-state index in [4.69, 9.17) is 23.5 Å². The van der Waals surface area contributed by atoms with Crippen molar-refractivity contribution in [3.63, 3.8) is 0 Å². The molecule has 4 aromatic carbocycles. The Bertz CT molecular complexity index is 2610. The Balaban J connectivity index is 0.869. The fourth-order valence-electron chi connectivity index (χ4n) is 9.31. The normalized spacial score (nSPS) is 19.9. The lowest BCUT2D eigenvalue weighted by Crippen LogP contribution is -2.48. The molecule has 0 spiro atoms. The number of hydrogen-bond acceptors (Lipinski definition) is 12. The fraction of sp³-hybridized carbons (Fsp3) is 0.408. The first-order chi connectivity index (χ1) is 33.2. The van der Waals surface area contributed by atoms with Crippen LogP contribution in [0.3, 0.4) is 0 Å². The Morgan fingerprint density at radius 2 is 1.41 bits per heavy atom. The number of anilines is 2. The van der Waals surface area contributed by atoms with Gasteiger partial charge in [0.05, 0.1) is 17.6 Å². The zero-order valence-corrected chi connectivity index (χ0v) is 37.6. The van der Waals surface area contributed by atoms with Gasteiger partial charge in [-0.05, 0) is 99.4 Å². The van der Waals surface area contributed by atoms with Crippen molar-refractivity contribution in [2.45, 2.75) is 62.8 Å². The molecule has 6 N–H and O–H groups in total. The number of aromatic nitrogens is 1. The van der Waals surface area contributed by atoms with Crippen LogP contribution in [0.25, 0.3) is 11.3 Å². The van der Waals surface area contributed by atoms with Crippen molar-refractivity contribution in [2.24, 2.45) is 5.92 Å². The number of fused-ring (bicyclic) bond motifs is 2. The molecule has 366 valence electrons. The van der Waals surface area contributed by atoms with Crippen LogP contribution in [0, 0.1) is 18.7 Å². The van der Waals surface area contributed by atoms with Gasteiger partial charge in [-0.25, -0.2) is 14.0 Å². The summed E-state index contributed by atoms with van der Waals surface area (Å²) >= 11 is 0. The number of halogens is 4. The third kappa shape index (κ3) is 11.1. The summed E-state index contributed by atoms with van der Waals surface area (Å²) in [6, 6.07) is 18.5. The Morgan fingerprint density at radius 3 is 2.09 bits per heavy atom. The van der Waals surface area contributed by atoms with E-state index in [2.05, 4.69) is 36.2 Å². The number of rotatable bonds is 14. The highest BCUT2D eigenvalue weighted by molar-refractivity contribution is 5.94. The lowest BCUT2D eigenvalue weighted by Gasteiger charge is -2.33. The quantitative estimate of drug-likeness (QED) is 0.0611. The Hall–Kier alpha value is -6.61. The number of benzene rings is 4. The molecular weight excluding hydrogens is 907 g/mol. The van der Waals surface area contributed by atoms with E-state index in [1.54, 1.807) is 43.3 Å². The second kappa shape index (κ2) is 20.5. The molecule has 0 saturated carbocycles. The number of ether oxygens (including phenoxy) is 4. The largest absolute Gasteiger partial charge is 0.486 e. The van der Waals surface area contributed by atoms with E-state index in [1.165, 1.54) is 0 Å². The van der Waals surface area contributed by atoms with Crippen LogP contribution in [0.5, 0.6) is 23.0 Å². The number of aliphatic hydroxyl groups excluding tert-OH is 2.